The van der Waals surface area contributed by atoms with Crippen LogP contribution in [0.2, 0.25) is 0 Å². The second-order valence-electron chi connectivity index (χ2n) is 6.05. The Morgan fingerprint density at radius 3 is 2.32 bits per heavy atom. The first-order valence-electron chi connectivity index (χ1n) is 8.19. The molecule has 1 aliphatic heterocycles. The maximum absolute atomic E-state index is 12.9. The number of aryl methyl sites for hydroxylation is 1. The molecule has 128 valence electrons. The molecular weight excluding hydrogens is 320 g/mol. The van der Waals surface area contributed by atoms with Gasteiger partial charge < -0.3 is 14.2 Å². The number of piperazine rings is 1. The van der Waals surface area contributed by atoms with Crippen molar-refractivity contribution >= 4 is 22.7 Å². The second kappa shape index (κ2) is 6.08. The lowest BCUT2D eigenvalue weighted by Gasteiger charge is -2.34. The van der Waals surface area contributed by atoms with E-state index in [2.05, 4.69) is 5.10 Å². The van der Waals surface area contributed by atoms with Crippen molar-refractivity contribution < 1.29 is 14.0 Å². The van der Waals surface area contributed by atoms with E-state index in [-0.39, 0.29) is 11.8 Å². The first-order chi connectivity index (χ1) is 12.1. The third-order valence-electron chi connectivity index (χ3n) is 4.55. The predicted octanol–water partition coefficient (Wildman–Crippen LogP) is 1.76. The van der Waals surface area contributed by atoms with Gasteiger partial charge in [-0.1, -0.05) is 18.2 Å². The zero-order valence-corrected chi connectivity index (χ0v) is 13.9. The van der Waals surface area contributed by atoms with Gasteiger partial charge in [-0.3, -0.25) is 14.3 Å². The molecule has 2 amide bonds. The molecule has 0 unspecified atom stereocenters. The minimum atomic E-state index is -0.139. The molecule has 1 aromatic carbocycles. The Kier molecular flexibility index (Phi) is 3.76. The molecule has 2 aromatic heterocycles. The summed E-state index contributed by atoms with van der Waals surface area (Å²) in [6.07, 6.45) is 1.49. The second-order valence-corrected chi connectivity index (χ2v) is 6.05. The lowest BCUT2D eigenvalue weighted by Crippen LogP contribution is -2.50. The highest BCUT2D eigenvalue weighted by Crippen LogP contribution is 2.20. The van der Waals surface area contributed by atoms with Gasteiger partial charge >= 0.3 is 0 Å². The fraction of sp³-hybridized carbons (Fsp3) is 0.278. The van der Waals surface area contributed by atoms with Crippen LogP contribution in [0.4, 0.5) is 0 Å². The number of furan rings is 1. The summed E-state index contributed by atoms with van der Waals surface area (Å²) in [6, 6.07) is 11.0. The minimum absolute atomic E-state index is 0.0955. The van der Waals surface area contributed by atoms with E-state index in [0.717, 1.165) is 10.9 Å². The molecule has 0 atom stereocenters. The molecule has 0 saturated carbocycles. The Bertz CT molecular complexity index is 921. The third-order valence-corrected chi connectivity index (χ3v) is 4.55. The van der Waals surface area contributed by atoms with Crippen LogP contribution in [0.3, 0.4) is 0 Å². The van der Waals surface area contributed by atoms with Gasteiger partial charge in [0.15, 0.2) is 11.5 Å². The van der Waals surface area contributed by atoms with Crippen molar-refractivity contribution in [1.82, 2.24) is 19.6 Å². The number of hydrogen-bond donors (Lipinski definition) is 0. The van der Waals surface area contributed by atoms with Gasteiger partial charge in [0.25, 0.3) is 11.8 Å². The summed E-state index contributed by atoms with van der Waals surface area (Å²) >= 11 is 0. The molecule has 3 aromatic rings. The number of carbonyl (C=O) groups excluding carboxylic acids is 2. The Morgan fingerprint density at radius 1 is 0.960 bits per heavy atom. The van der Waals surface area contributed by atoms with Crippen molar-refractivity contribution in [2.75, 3.05) is 26.2 Å². The molecule has 1 fully saturated rings. The molecule has 0 bridgehead atoms. The van der Waals surface area contributed by atoms with Crippen molar-refractivity contribution in [2.45, 2.75) is 0 Å². The van der Waals surface area contributed by atoms with Gasteiger partial charge in [-0.2, -0.15) is 5.10 Å². The lowest BCUT2D eigenvalue weighted by atomic mass is 10.2. The fourth-order valence-electron chi connectivity index (χ4n) is 3.19. The van der Waals surface area contributed by atoms with Crippen LogP contribution in [0.15, 0.2) is 47.1 Å². The molecular formula is C18H18N4O3. The maximum Gasteiger partial charge on any atom is 0.289 e. The predicted molar refractivity (Wildman–Crippen MR) is 91.2 cm³/mol. The van der Waals surface area contributed by atoms with Crippen molar-refractivity contribution in [3.05, 3.63) is 54.1 Å². The average molecular weight is 338 g/mol. The maximum atomic E-state index is 12.9. The van der Waals surface area contributed by atoms with Crippen LogP contribution in [0, 0.1) is 0 Å². The number of para-hydroxylation sites is 1. The SMILES string of the molecule is Cn1nc(C(=O)N2CCN(C(=O)c3ccco3)CC2)c2ccccc21. The third kappa shape index (κ3) is 2.67. The topological polar surface area (TPSA) is 71.6 Å². The molecule has 0 N–H and O–H groups in total. The Balaban J connectivity index is 1.49. The molecule has 0 aliphatic carbocycles. The summed E-state index contributed by atoms with van der Waals surface area (Å²) in [4.78, 5) is 28.6. The van der Waals surface area contributed by atoms with E-state index in [4.69, 9.17) is 4.42 Å². The highest BCUT2D eigenvalue weighted by Gasteiger charge is 2.28. The van der Waals surface area contributed by atoms with Gasteiger partial charge in [0.2, 0.25) is 0 Å². The number of rotatable bonds is 2. The van der Waals surface area contributed by atoms with E-state index in [1.54, 1.807) is 26.6 Å². The summed E-state index contributed by atoms with van der Waals surface area (Å²) in [7, 11) is 1.83. The van der Waals surface area contributed by atoms with Gasteiger partial charge in [-0.25, -0.2) is 0 Å². The average Bonchev–Trinajstić information content (AvgIpc) is 3.30. The number of aromatic nitrogens is 2. The normalized spacial score (nSPS) is 14.9. The van der Waals surface area contributed by atoms with Gasteiger partial charge in [-0.15, -0.1) is 0 Å². The molecule has 4 rings (SSSR count). The fourth-order valence-corrected chi connectivity index (χ4v) is 3.19. The molecule has 0 radical (unpaired) electrons. The van der Waals surface area contributed by atoms with E-state index >= 15 is 0 Å². The largest absolute Gasteiger partial charge is 0.459 e. The summed E-state index contributed by atoms with van der Waals surface area (Å²) in [5.41, 5.74) is 1.39. The summed E-state index contributed by atoms with van der Waals surface area (Å²) in [5, 5.41) is 5.24. The number of hydrogen-bond acceptors (Lipinski definition) is 4. The van der Waals surface area contributed by atoms with Gasteiger partial charge in [0.05, 0.1) is 11.8 Å². The van der Waals surface area contributed by atoms with E-state index in [1.807, 2.05) is 31.3 Å². The highest BCUT2D eigenvalue weighted by molar-refractivity contribution is 6.05. The zero-order valence-electron chi connectivity index (χ0n) is 13.9. The van der Waals surface area contributed by atoms with Crippen molar-refractivity contribution in [3.63, 3.8) is 0 Å². The summed E-state index contributed by atoms with van der Waals surface area (Å²) in [5.74, 6) is 0.0952. The molecule has 1 aliphatic rings. The van der Waals surface area contributed by atoms with Crippen LogP contribution in [0.1, 0.15) is 21.0 Å². The van der Waals surface area contributed by atoms with Crippen LogP contribution in [0.5, 0.6) is 0 Å². The zero-order chi connectivity index (χ0) is 17.4. The van der Waals surface area contributed by atoms with Crippen LogP contribution in [-0.4, -0.2) is 57.6 Å². The number of benzene rings is 1. The van der Waals surface area contributed by atoms with E-state index in [9.17, 15) is 9.59 Å². The molecule has 0 spiro atoms. The smallest absolute Gasteiger partial charge is 0.289 e. The molecule has 25 heavy (non-hydrogen) atoms. The van der Waals surface area contributed by atoms with E-state index in [0.29, 0.717) is 37.6 Å². The van der Waals surface area contributed by atoms with Crippen LogP contribution in [0.25, 0.3) is 10.9 Å². The Morgan fingerprint density at radius 2 is 1.64 bits per heavy atom. The quantitative estimate of drug-likeness (QED) is 0.714. The van der Waals surface area contributed by atoms with Crippen molar-refractivity contribution in [1.29, 1.82) is 0 Å². The first kappa shape index (κ1) is 15.4. The van der Waals surface area contributed by atoms with Gasteiger partial charge in [0, 0.05) is 38.6 Å². The van der Waals surface area contributed by atoms with Crippen molar-refractivity contribution in [2.24, 2.45) is 7.05 Å². The Labute approximate surface area is 144 Å². The highest BCUT2D eigenvalue weighted by atomic mass is 16.3. The van der Waals surface area contributed by atoms with Gasteiger partial charge in [0.1, 0.15) is 0 Å². The van der Waals surface area contributed by atoms with Crippen molar-refractivity contribution in [3.8, 4) is 0 Å². The lowest BCUT2D eigenvalue weighted by molar-refractivity contribution is 0.0516. The number of carbonyl (C=O) groups is 2. The number of nitrogens with zero attached hydrogens (tertiary/aromatic N) is 4. The van der Waals surface area contributed by atoms with Crippen LogP contribution >= 0.6 is 0 Å². The van der Waals surface area contributed by atoms with Gasteiger partial charge in [-0.05, 0) is 18.2 Å². The molecule has 3 heterocycles. The standard InChI is InChI=1S/C18H18N4O3/c1-20-14-6-3-2-5-13(14)16(19-20)18(24)22-10-8-21(9-11-22)17(23)15-7-4-12-25-15/h2-7,12H,8-11H2,1H3. The minimum Gasteiger partial charge on any atom is -0.459 e. The molecule has 1 saturated heterocycles. The van der Waals surface area contributed by atoms with E-state index in [1.165, 1.54) is 6.26 Å². The number of fused-ring (bicyclic) bond motifs is 1. The first-order valence-corrected chi connectivity index (χ1v) is 8.19. The van der Waals surface area contributed by atoms with Crippen LogP contribution < -0.4 is 0 Å². The van der Waals surface area contributed by atoms with Crippen LogP contribution in [-0.2, 0) is 7.05 Å². The van der Waals surface area contributed by atoms with E-state index < -0.39 is 0 Å². The molecule has 7 heteroatoms. The summed E-state index contributed by atoms with van der Waals surface area (Å²) < 4.78 is 6.88. The monoisotopic (exact) mass is 338 g/mol. The summed E-state index contributed by atoms with van der Waals surface area (Å²) in [6.45, 7) is 1.93. The molecule has 7 nitrogen and oxygen atoms in total. The Hall–Kier alpha value is -3.09. The number of amides is 2.